The van der Waals surface area contributed by atoms with Crippen molar-refractivity contribution in [3.05, 3.63) is 137 Å². The second-order valence-corrected chi connectivity index (χ2v) is 11.1. The Bertz CT molecular complexity index is 2060. The number of aromatic carboxylic acids is 2. The first kappa shape index (κ1) is 32.1. The summed E-state index contributed by atoms with van der Waals surface area (Å²) in [5, 5.41) is 21.8. The minimum Gasteiger partial charge on any atom is -0.478 e. The summed E-state index contributed by atoms with van der Waals surface area (Å²) in [5.41, 5.74) is 6.63. The summed E-state index contributed by atoms with van der Waals surface area (Å²) in [6.07, 6.45) is 0. The molecule has 0 saturated heterocycles. The maximum Gasteiger partial charge on any atom is 0.335 e. The Hall–Kier alpha value is -6.27. The van der Waals surface area contributed by atoms with Crippen LogP contribution in [0.1, 0.15) is 60.0 Å². The van der Waals surface area contributed by atoms with Crippen LogP contribution in [0.3, 0.4) is 0 Å². The summed E-state index contributed by atoms with van der Waals surface area (Å²) in [4.78, 5) is 50.3. The highest BCUT2D eigenvalue weighted by Gasteiger charge is 2.36. The molecular formula is C35H26N2O9S. The van der Waals surface area contributed by atoms with Gasteiger partial charge in [0, 0.05) is 16.8 Å². The molecule has 0 amide bonds. The predicted octanol–water partition coefficient (Wildman–Crippen LogP) is 6.71. The number of rotatable bonds is 9. The number of ether oxygens (including phenoxy) is 1. The number of carboxylic acid groups (broad SMARTS) is 2. The van der Waals surface area contributed by atoms with Crippen LogP contribution in [0.5, 0.6) is 17.2 Å². The maximum atomic E-state index is 13.7. The Morgan fingerprint density at radius 3 is 1.81 bits per heavy atom. The maximum absolute atomic E-state index is 13.7. The van der Waals surface area contributed by atoms with Crippen LogP contribution in [0, 0.1) is 0 Å². The van der Waals surface area contributed by atoms with E-state index >= 15 is 0 Å². The SMILES string of the molecule is C.Nc1c(S(=O)Oc2ccccc2)cc(Nc2ccc(Oc3cc(C(=O)O)cc(C(=O)O)c3)cc2)c2c1C(=O)c1ccccc1C2=O. The molecule has 0 aliphatic heterocycles. The van der Waals surface area contributed by atoms with Gasteiger partial charge in [-0.05, 0) is 60.7 Å². The molecule has 5 N–H and O–H groups in total. The number of fused-ring (bicyclic) bond motifs is 2. The number of nitrogen functional groups attached to an aromatic ring is 1. The van der Waals surface area contributed by atoms with E-state index in [0.29, 0.717) is 11.4 Å². The smallest absolute Gasteiger partial charge is 0.335 e. The summed E-state index contributed by atoms with van der Waals surface area (Å²) in [6, 6.07) is 25.8. The number of nitrogens with one attached hydrogen (secondary N) is 1. The van der Waals surface area contributed by atoms with Gasteiger partial charge in [-0.3, -0.25) is 9.59 Å². The molecule has 0 heterocycles. The third kappa shape index (κ3) is 6.30. The quantitative estimate of drug-likeness (QED) is 0.122. The Morgan fingerprint density at radius 1 is 0.681 bits per heavy atom. The summed E-state index contributed by atoms with van der Waals surface area (Å²) in [5.74, 6) is -3.03. The molecule has 47 heavy (non-hydrogen) atoms. The zero-order valence-corrected chi connectivity index (χ0v) is 24.4. The van der Waals surface area contributed by atoms with Crippen molar-refractivity contribution in [1.29, 1.82) is 0 Å². The number of carboxylic acids is 2. The first-order valence-electron chi connectivity index (χ1n) is 13.6. The van der Waals surface area contributed by atoms with Gasteiger partial charge in [0.05, 0.1) is 33.6 Å². The van der Waals surface area contributed by atoms with Gasteiger partial charge in [-0.1, -0.05) is 49.9 Å². The second kappa shape index (κ2) is 13.0. The average molecular weight is 651 g/mol. The number of anilines is 3. The molecule has 12 heteroatoms. The Kier molecular flexibility index (Phi) is 8.88. The predicted molar refractivity (Wildman–Crippen MR) is 175 cm³/mol. The number of carbonyl (C=O) groups excluding carboxylic acids is 2. The average Bonchev–Trinajstić information content (AvgIpc) is 3.05. The fraction of sp³-hybridized carbons (Fsp3) is 0.0286. The van der Waals surface area contributed by atoms with Crippen LogP contribution < -0.4 is 20.0 Å². The van der Waals surface area contributed by atoms with Gasteiger partial charge < -0.3 is 30.2 Å². The molecule has 0 fully saturated rings. The van der Waals surface area contributed by atoms with Crippen LogP contribution in [0.4, 0.5) is 17.1 Å². The largest absolute Gasteiger partial charge is 0.478 e. The number of hydrogen-bond donors (Lipinski definition) is 4. The van der Waals surface area contributed by atoms with Crippen molar-refractivity contribution < 1.29 is 42.5 Å². The van der Waals surface area contributed by atoms with Crippen molar-refractivity contribution in [2.75, 3.05) is 11.1 Å². The molecule has 5 aromatic rings. The van der Waals surface area contributed by atoms with E-state index in [2.05, 4.69) is 5.32 Å². The van der Waals surface area contributed by atoms with E-state index < -0.39 is 34.6 Å². The Labute approximate surface area is 270 Å². The van der Waals surface area contributed by atoms with E-state index in [4.69, 9.17) is 14.7 Å². The number of ketones is 2. The number of carbonyl (C=O) groups is 4. The van der Waals surface area contributed by atoms with E-state index in [1.807, 2.05) is 0 Å². The summed E-state index contributed by atoms with van der Waals surface area (Å²) >= 11 is -2.17. The van der Waals surface area contributed by atoms with Crippen LogP contribution in [0.2, 0.25) is 0 Å². The molecule has 236 valence electrons. The molecule has 1 aliphatic rings. The van der Waals surface area contributed by atoms with E-state index in [1.54, 1.807) is 60.7 Å². The molecule has 1 unspecified atom stereocenters. The zero-order chi connectivity index (χ0) is 32.5. The van der Waals surface area contributed by atoms with Gasteiger partial charge in [-0.25, -0.2) is 13.8 Å². The van der Waals surface area contributed by atoms with Crippen LogP contribution in [0.15, 0.2) is 108 Å². The molecule has 0 saturated carbocycles. The molecule has 11 nitrogen and oxygen atoms in total. The summed E-state index contributed by atoms with van der Waals surface area (Å²) < 4.78 is 24.7. The molecule has 0 aromatic heterocycles. The first-order chi connectivity index (χ1) is 22.1. The van der Waals surface area contributed by atoms with Crippen LogP contribution >= 0.6 is 0 Å². The number of benzene rings is 5. The van der Waals surface area contributed by atoms with Crippen molar-refractivity contribution >= 4 is 51.6 Å². The van der Waals surface area contributed by atoms with Gasteiger partial charge in [0.25, 0.3) is 0 Å². The normalized spacial score (nSPS) is 12.2. The van der Waals surface area contributed by atoms with Gasteiger partial charge in [0.15, 0.2) is 11.6 Å². The Balaban J connectivity index is 0.00000433. The molecular weight excluding hydrogens is 624 g/mol. The van der Waals surface area contributed by atoms with Gasteiger partial charge in [-0.15, -0.1) is 0 Å². The van der Waals surface area contributed by atoms with E-state index in [0.717, 1.165) is 6.07 Å². The second-order valence-electron chi connectivity index (χ2n) is 10.0. The fourth-order valence-electron chi connectivity index (χ4n) is 4.94. The number of para-hydroxylation sites is 1. The van der Waals surface area contributed by atoms with Gasteiger partial charge in [0.2, 0.25) is 11.1 Å². The minimum atomic E-state index is -2.17. The lowest BCUT2D eigenvalue weighted by molar-refractivity contribution is 0.0696. The van der Waals surface area contributed by atoms with Crippen molar-refractivity contribution in [1.82, 2.24) is 0 Å². The molecule has 0 bridgehead atoms. The van der Waals surface area contributed by atoms with Gasteiger partial charge in [-0.2, -0.15) is 0 Å². The van der Waals surface area contributed by atoms with Gasteiger partial charge in [0.1, 0.15) is 22.1 Å². The Morgan fingerprint density at radius 2 is 1.23 bits per heavy atom. The highest BCUT2D eigenvalue weighted by molar-refractivity contribution is 7.80. The molecule has 1 aliphatic carbocycles. The standard InChI is InChI=1S/C34H22N2O9S.CH4/c35-30-27(46(43)45-22-6-2-1-3-7-22)17-26(28-29(30)32(38)25-9-5-4-8-24(25)31(28)37)36-20-10-12-21(13-11-20)44-23-15-18(33(39)40)14-19(16-23)34(41)42;/h1-17,36H,35H2,(H,39,40)(H,41,42);1H4. The van der Waals surface area contributed by atoms with Crippen molar-refractivity contribution in [3.8, 4) is 17.2 Å². The highest BCUT2D eigenvalue weighted by Crippen LogP contribution is 2.40. The molecule has 0 radical (unpaired) electrons. The van der Waals surface area contributed by atoms with Crippen LogP contribution in [-0.2, 0) is 11.1 Å². The van der Waals surface area contributed by atoms with Gasteiger partial charge >= 0.3 is 11.9 Å². The fourth-order valence-corrected chi connectivity index (χ4v) is 5.81. The first-order valence-corrected chi connectivity index (χ1v) is 14.6. The van der Waals surface area contributed by atoms with Crippen LogP contribution in [-0.4, -0.2) is 37.9 Å². The van der Waals surface area contributed by atoms with E-state index in [-0.39, 0.29) is 68.6 Å². The third-order valence-corrected chi connectivity index (χ3v) is 8.10. The lowest BCUT2D eigenvalue weighted by atomic mass is 9.82. The number of hydrogen-bond acceptors (Lipinski definition) is 9. The van der Waals surface area contributed by atoms with Crippen molar-refractivity contribution in [2.24, 2.45) is 0 Å². The molecule has 5 aromatic carbocycles. The highest BCUT2D eigenvalue weighted by atomic mass is 32.2. The lowest BCUT2D eigenvalue weighted by Crippen LogP contribution is -2.25. The van der Waals surface area contributed by atoms with E-state index in [1.165, 1.54) is 36.4 Å². The minimum absolute atomic E-state index is 0. The monoisotopic (exact) mass is 650 g/mol. The van der Waals surface area contributed by atoms with Crippen molar-refractivity contribution in [3.63, 3.8) is 0 Å². The lowest BCUT2D eigenvalue weighted by Gasteiger charge is -2.24. The molecule has 0 spiro atoms. The van der Waals surface area contributed by atoms with Crippen LogP contribution in [0.25, 0.3) is 0 Å². The summed E-state index contributed by atoms with van der Waals surface area (Å²) in [7, 11) is 0. The zero-order valence-electron chi connectivity index (χ0n) is 23.6. The molecule has 1 atom stereocenters. The van der Waals surface area contributed by atoms with Crippen molar-refractivity contribution in [2.45, 2.75) is 12.3 Å². The van der Waals surface area contributed by atoms with E-state index in [9.17, 15) is 33.6 Å². The molecule has 6 rings (SSSR count). The topological polar surface area (TPSA) is 182 Å². The number of nitrogens with two attached hydrogens (primary N) is 1. The third-order valence-electron chi connectivity index (χ3n) is 7.06. The summed E-state index contributed by atoms with van der Waals surface area (Å²) in [6.45, 7) is 0.